The van der Waals surface area contributed by atoms with Crippen molar-refractivity contribution < 1.29 is 19.4 Å². The Morgan fingerprint density at radius 2 is 2.36 bits per heavy atom. The average Bonchev–Trinajstić information content (AvgIpc) is 2.62. The molecule has 0 amide bonds. The molecule has 76 valence electrons. The molecule has 0 bridgehead atoms. The number of esters is 1. The van der Waals surface area contributed by atoms with Crippen molar-refractivity contribution in [3.05, 3.63) is 16.3 Å². The Kier molecular flexibility index (Phi) is 3.97. The van der Waals surface area contributed by atoms with E-state index in [4.69, 9.17) is 5.11 Å². The smallest absolute Gasteiger partial charge is 0.345 e. The summed E-state index contributed by atoms with van der Waals surface area (Å²) in [6, 6.07) is 1.54. The Balaban J connectivity index is 2.52. The molecule has 0 radical (unpaired) electrons. The van der Waals surface area contributed by atoms with Crippen molar-refractivity contribution in [2.24, 2.45) is 0 Å². The van der Waals surface area contributed by atoms with E-state index in [9.17, 15) is 9.59 Å². The van der Waals surface area contributed by atoms with Crippen LogP contribution < -0.4 is 0 Å². The van der Waals surface area contributed by atoms with Crippen LogP contribution >= 0.6 is 23.1 Å². The zero-order valence-electron chi connectivity index (χ0n) is 7.35. The Morgan fingerprint density at radius 1 is 1.64 bits per heavy atom. The first kappa shape index (κ1) is 11.1. The second kappa shape index (κ2) is 5.02. The van der Waals surface area contributed by atoms with Crippen molar-refractivity contribution in [1.29, 1.82) is 0 Å². The molecule has 0 saturated heterocycles. The molecule has 0 fully saturated rings. The highest BCUT2D eigenvalue weighted by atomic mass is 32.2. The van der Waals surface area contributed by atoms with Crippen molar-refractivity contribution in [2.45, 2.75) is 4.90 Å². The molecule has 1 N–H and O–H groups in total. The van der Waals surface area contributed by atoms with Gasteiger partial charge in [-0.3, -0.25) is 4.79 Å². The van der Waals surface area contributed by atoms with E-state index in [2.05, 4.69) is 4.74 Å². The molecular weight excluding hydrogens is 224 g/mol. The van der Waals surface area contributed by atoms with E-state index in [-0.39, 0.29) is 16.6 Å². The molecule has 1 heterocycles. The summed E-state index contributed by atoms with van der Waals surface area (Å²) in [5, 5.41) is 10.3. The maximum Gasteiger partial charge on any atom is 0.345 e. The minimum absolute atomic E-state index is 0.201. The summed E-state index contributed by atoms with van der Waals surface area (Å²) in [5.74, 6) is -1.07. The molecular formula is C8H8O4S2. The molecule has 0 saturated carbocycles. The second-order valence-electron chi connectivity index (χ2n) is 2.32. The van der Waals surface area contributed by atoms with Crippen molar-refractivity contribution in [3.63, 3.8) is 0 Å². The topological polar surface area (TPSA) is 63.6 Å². The van der Waals surface area contributed by atoms with Gasteiger partial charge in [-0.05, 0) is 6.07 Å². The number of carboxylic acid groups (broad SMARTS) is 1. The maximum atomic E-state index is 10.8. The molecule has 0 aromatic carbocycles. The van der Waals surface area contributed by atoms with Crippen molar-refractivity contribution in [2.75, 3.05) is 12.9 Å². The minimum Gasteiger partial charge on any atom is -0.477 e. The van der Waals surface area contributed by atoms with E-state index in [0.29, 0.717) is 0 Å². The average molecular weight is 232 g/mol. The highest BCUT2D eigenvalue weighted by molar-refractivity contribution is 8.00. The van der Waals surface area contributed by atoms with Gasteiger partial charge in [0, 0.05) is 10.3 Å². The van der Waals surface area contributed by atoms with Gasteiger partial charge in [0.15, 0.2) is 0 Å². The number of carbonyl (C=O) groups is 2. The van der Waals surface area contributed by atoms with Crippen LogP contribution in [-0.2, 0) is 9.53 Å². The molecule has 0 spiro atoms. The van der Waals surface area contributed by atoms with Crippen LogP contribution in [0.1, 0.15) is 9.67 Å². The van der Waals surface area contributed by atoms with Gasteiger partial charge in [0.2, 0.25) is 0 Å². The Bertz CT molecular complexity index is 345. The number of carboxylic acids is 1. The Hall–Kier alpha value is -1.01. The molecule has 0 aliphatic heterocycles. The summed E-state index contributed by atoms with van der Waals surface area (Å²) in [6.07, 6.45) is 0. The first-order valence-corrected chi connectivity index (χ1v) is 5.51. The van der Waals surface area contributed by atoms with E-state index in [1.807, 2.05) is 0 Å². The van der Waals surface area contributed by atoms with Crippen LogP contribution in [0.25, 0.3) is 0 Å². The zero-order valence-corrected chi connectivity index (χ0v) is 8.98. The van der Waals surface area contributed by atoms with Gasteiger partial charge in [0.25, 0.3) is 0 Å². The van der Waals surface area contributed by atoms with Gasteiger partial charge in [-0.2, -0.15) is 0 Å². The molecule has 4 nitrogen and oxygen atoms in total. The lowest BCUT2D eigenvalue weighted by Crippen LogP contribution is -2.02. The monoisotopic (exact) mass is 232 g/mol. The third kappa shape index (κ3) is 3.04. The fourth-order valence-corrected chi connectivity index (χ4v) is 2.41. The van der Waals surface area contributed by atoms with Crippen LogP contribution in [-0.4, -0.2) is 29.9 Å². The number of carbonyl (C=O) groups excluding carboxylic acids is 1. The highest BCUT2D eigenvalue weighted by Gasteiger charge is 2.08. The van der Waals surface area contributed by atoms with E-state index in [1.54, 1.807) is 11.4 Å². The number of aromatic carboxylic acids is 1. The molecule has 14 heavy (non-hydrogen) atoms. The SMILES string of the molecule is COC(=O)CSc1csc(C(=O)O)c1. The van der Waals surface area contributed by atoms with Gasteiger partial charge in [-0.25, -0.2) is 4.79 Å². The van der Waals surface area contributed by atoms with Crippen LogP contribution in [0.4, 0.5) is 0 Å². The zero-order chi connectivity index (χ0) is 10.6. The van der Waals surface area contributed by atoms with Crippen LogP contribution in [0.2, 0.25) is 0 Å². The number of thioether (sulfide) groups is 1. The Morgan fingerprint density at radius 3 is 2.86 bits per heavy atom. The predicted molar refractivity (Wildman–Crippen MR) is 54.0 cm³/mol. The largest absolute Gasteiger partial charge is 0.477 e. The first-order valence-electron chi connectivity index (χ1n) is 3.65. The van der Waals surface area contributed by atoms with Crippen molar-refractivity contribution in [1.82, 2.24) is 0 Å². The number of thiophene rings is 1. The number of hydrogen-bond acceptors (Lipinski definition) is 5. The quantitative estimate of drug-likeness (QED) is 0.632. The summed E-state index contributed by atoms with van der Waals surface area (Å²) in [5.41, 5.74) is 0. The summed E-state index contributed by atoms with van der Waals surface area (Å²) >= 11 is 2.41. The van der Waals surface area contributed by atoms with Crippen LogP contribution in [0, 0.1) is 0 Å². The number of hydrogen-bond donors (Lipinski definition) is 1. The summed E-state index contributed by atoms with van der Waals surface area (Å²) in [7, 11) is 1.32. The van der Waals surface area contributed by atoms with Crippen LogP contribution in [0.5, 0.6) is 0 Å². The number of methoxy groups -OCH3 is 1. The van der Waals surface area contributed by atoms with Gasteiger partial charge in [0.05, 0.1) is 12.9 Å². The van der Waals surface area contributed by atoms with E-state index < -0.39 is 5.97 Å². The van der Waals surface area contributed by atoms with Crippen molar-refractivity contribution >= 4 is 35.0 Å². The summed E-state index contributed by atoms with van der Waals surface area (Å²) in [4.78, 5) is 22.3. The lowest BCUT2D eigenvalue weighted by molar-refractivity contribution is -0.137. The fraction of sp³-hybridized carbons (Fsp3) is 0.250. The molecule has 0 aliphatic rings. The van der Waals surface area contributed by atoms with Gasteiger partial charge in [-0.15, -0.1) is 23.1 Å². The number of ether oxygens (including phenoxy) is 1. The molecule has 0 atom stereocenters. The Labute approximate surface area is 88.9 Å². The van der Waals surface area contributed by atoms with Gasteiger partial charge in [-0.1, -0.05) is 0 Å². The maximum absolute atomic E-state index is 10.8. The van der Waals surface area contributed by atoms with Gasteiger partial charge >= 0.3 is 11.9 Å². The molecule has 6 heteroatoms. The normalized spacial score (nSPS) is 9.79. The summed E-state index contributed by atoms with van der Waals surface area (Å²) < 4.78 is 4.45. The molecule has 1 aromatic heterocycles. The van der Waals surface area contributed by atoms with Gasteiger partial charge in [0.1, 0.15) is 4.88 Å². The fourth-order valence-electron chi connectivity index (χ4n) is 0.708. The van der Waals surface area contributed by atoms with E-state index in [1.165, 1.54) is 18.9 Å². The standard InChI is InChI=1S/C8H8O4S2/c1-12-7(9)4-13-5-2-6(8(10)11)14-3-5/h2-3H,4H2,1H3,(H,10,11). The van der Waals surface area contributed by atoms with E-state index in [0.717, 1.165) is 16.2 Å². The van der Waals surface area contributed by atoms with E-state index >= 15 is 0 Å². The highest BCUT2D eigenvalue weighted by Crippen LogP contribution is 2.24. The third-order valence-electron chi connectivity index (χ3n) is 1.37. The molecule has 0 unspecified atom stereocenters. The lowest BCUT2D eigenvalue weighted by atomic mass is 10.5. The summed E-state index contributed by atoms with van der Waals surface area (Å²) in [6.45, 7) is 0. The number of rotatable bonds is 4. The lowest BCUT2D eigenvalue weighted by Gasteiger charge is -1.95. The predicted octanol–water partition coefficient (Wildman–Crippen LogP) is 1.71. The molecule has 1 aromatic rings. The minimum atomic E-state index is -0.945. The van der Waals surface area contributed by atoms with Crippen LogP contribution in [0.3, 0.4) is 0 Å². The van der Waals surface area contributed by atoms with Gasteiger partial charge < -0.3 is 9.84 Å². The molecule has 1 rings (SSSR count). The molecule has 0 aliphatic carbocycles. The second-order valence-corrected chi connectivity index (χ2v) is 4.28. The third-order valence-corrected chi connectivity index (χ3v) is 3.39. The van der Waals surface area contributed by atoms with Crippen molar-refractivity contribution in [3.8, 4) is 0 Å². The van der Waals surface area contributed by atoms with Crippen LogP contribution in [0.15, 0.2) is 16.3 Å². The first-order chi connectivity index (χ1) is 6.63.